The first kappa shape index (κ1) is 6.27. The lowest BCUT2D eigenvalue weighted by Crippen LogP contribution is -1.92. The van der Waals surface area contributed by atoms with Crippen LogP contribution in [0.5, 0.6) is 0 Å². The number of nitrogens with zero attached hydrogens (tertiary/aromatic N) is 1. The van der Waals surface area contributed by atoms with Gasteiger partial charge >= 0.3 is 0 Å². The maximum Gasteiger partial charge on any atom is 0.110 e. The third kappa shape index (κ3) is 1.28. The predicted molar refractivity (Wildman–Crippen MR) is 36.9 cm³/mol. The summed E-state index contributed by atoms with van der Waals surface area (Å²) in [6, 6.07) is 3.85. The van der Waals surface area contributed by atoms with Crippen molar-refractivity contribution in [3.8, 4) is 6.07 Å². The lowest BCUT2D eigenvalue weighted by molar-refractivity contribution is 1.08. The summed E-state index contributed by atoms with van der Waals surface area (Å²) in [7, 11) is 0. The summed E-state index contributed by atoms with van der Waals surface area (Å²) in [5.74, 6) is 0. The molecule has 0 fully saturated rings. The van der Waals surface area contributed by atoms with E-state index < -0.39 is 0 Å². The summed E-state index contributed by atoms with van der Waals surface area (Å²) < 4.78 is 0. The monoisotopic (exact) mass is 138 g/mol. The molecule has 0 aliphatic rings. The maximum atomic E-state index is 8.37. The number of rotatable bonds is 1. The van der Waals surface area contributed by atoms with Crippen molar-refractivity contribution in [2.75, 3.05) is 0 Å². The van der Waals surface area contributed by atoms with Crippen molar-refractivity contribution in [1.82, 2.24) is 0 Å². The molecule has 0 atom stereocenters. The first-order chi connectivity index (χ1) is 4.36. The third-order valence-electron chi connectivity index (χ3n) is 1.000. The Labute approximate surface area is 57.5 Å². The van der Waals surface area contributed by atoms with Gasteiger partial charge in [0.25, 0.3) is 0 Å². The van der Waals surface area contributed by atoms with Crippen molar-refractivity contribution >= 4 is 11.3 Å². The second-order valence-corrected chi connectivity index (χ2v) is 2.55. The second kappa shape index (κ2) is 2.62. The Bertz CT molecular complexity index is 233. The molecule has 46 valence electrons. The lowest BCUT2D eigenvalue weighted by Gasteiger charge is -1.80. The molecule has 1 aromatic rings. The van der Waals surface area contributed by atoms with Crippen molar-refractivity contribution in [2.24, 2.45) is 5.73 Å². The Morgan fingerprint density at radius 1 is 1.78 bits per heavy atom. The fourth-order valence-electron chi connectivity index (χ4n) is 0.541. The molecule has 1 heterocycles. The van der Waals surface area contributed by atoms with Gasteiger partial charge in [-0.15, -0.1) is 11.3 Å². The van der Waals surface area contributed by atoms with Crippen LogP contribution in [0.25, 0.3) is 0 Å². The molecular weight excluding hydrogens is 132 g/mol. The Hall–Kier alpha value is -0.850. The van der Waals surface area contributed by atoms with E-state index in [4.69, 9.17) is 11.0 Å². The van der Waals surface area contributed by atoms with Crippen molar-refractivity contribution in [3.05, 3.63) is 21.9 Å². The van der Waals surface area contributed by atoms with Crippen molar-refractivity contribution < 1.29 is 0 Å². The maximum absolute atomic E-state index is 8.37. The summed E-state index contributed by atoms with van der Waals surface area (Å²) in [4.78, 5) is 0.732. The van der Waals surface area contributed by atoms with Gasteiger partial charge in [-0.25, -0.2) is 0 Å². The van der Waals surface area contributed by atoms with E-state index in [0.717, 1.165) is 10.4 Å². The number of nitriles is 1. The molecule has 0 unspecified atom stereocenters. The molecule has 3 heteroatoms. The van der Waals surface area contributed by atoms with Crippen molar-refractivity contribution in [1.29, 1.82) is 5.26 Å². The minimum absolute atomic E-state index is 0.526. The summed E-state index contributed by atoms with van der Waals surface area (Å²) in [5.41, 5.74) is 6.35. The van der Waals surface area contributed by atoms with Gasteiger partial charge in [0.05, 0.1) is 0 Å². The van der Waals surface area contributed by atoms with E-state index in [1.54, 1.807) is 0 Å². The molecule has 0 aliphatic carbocycles. The van der Waals surface area contributed by atoms with Crippen LogP contribution in [0, 0.1) is 11.3 Å². The molecular formula is C6H6N2S. The van der Waals surface area contributed by atoms with Crippen LogP contribution in [0.15, 0.2) is 11.4 Å². The molecule has 1 aromatic heterocycles. The zero-order chi connectivity index (χ0) is 6.69. The number of nitrogens with two attached hydrogens (primary N) is 1. The molecule has 0 aliphatic heterocycles. The van der Waals surface area contributed by atoms with Crippen molar-refractivity contribution in [3.63, 3.8) is 0 Å². The molecule has 0 bridgehead atoms. The van der Waals surface area contributed by atoms with Crippen LogP contribution in [0.4, 0.5) is 0 Å². The van der Waals surface area contributed by atoms with E-state index in [9.17, 15) is 0 Å². The molecule has 0 aromatic carbocycles. The summed E-state index contributed by atoms with van der Waals surface area (Å²) in [6.45, 7) is 0.526. The smallest absolute Gasteiger partial charge is 0.110 e. The van der Waals surface area contributed by atoms with Gasteiger partial charge in [0.1, 0.15) is 10.9 Å². The first-order valence-corrected chi connectivity index (χ1v) is 3.42. The molecule has 0 spiro atoms. The SMILES string of the molecule is N#Cc1cc(CN)cs1. The van der Waals surface area contributed by atoms with Crippen LogP contribution in [-0.4, -0.2) is 0 Å². The minimum Gasteiger partial charge on any atom is -0.326 e. The normalized spacial score (nSPS) is 8.89. The third-order valence-corrected chi connectivity index (χ3v) is 1.88. The first-order valence-electron chi connectivity index (χ1n) is 2.54. The summed E-state index contributed by atoms with van der Waals surface area (Å²) >= 11 is 1.43. The van der Waals surface area contributed by atoms with Crippen LogP contribution in [0.2, 0.25) is 0 Å². The van der Waals surface area contributed by atoms with E-state index in [1.165, 1.54) is 11.3 Å². The van der Waals surface area contributed by atoms with Crippen molar-refractivity contribution in [2.45, 2.75) is 6.54 Å². The van der Waals surface area contributed by atoms with Crippen LogP contribution < -0.4 is 5.73 Å². The molecule has 0 radical (unpaired) electrons. The minimum atomic E-state index is 0.526. The van der Waals surface area contributed by atoms with E-state index >= 15 is 0 Å². The van der Waals surface area contributed by atoms with E-state index in [2.05, 4.69) is 0 Å². The van der Waals surface area contributed by atoms with Gasteiger partial charge in [-0.3, -0.25) is 0 Å². The molecule has 0 saturated heterocycles. The lowest BCUT2D eigenvalue weighted by atomic mass is 10.3. The van der Waals surface area contributed by atoms with Crippen LogP contribution in [0.3, 0.4) is 0 Å². The van der Waals surface area contributed by atoms with Gasteiger partial charge in [-0.1, -0.05) is 0 Å². The van der Waals surface area contributed by atoms with Gasteiger partial charge in [0.15, 0.2) is 0 Å². The highest BCUT2D eigenvalue weighted by molar-refractivity contribution is 7.10. The topological polar surface area (TPSA) is 49.8 Å². The molecule has 0 saturated carbocycles. The fraction of sp³-hybridized carbons (Fsp3) is 0.167. The van der Waals surface area contributed by atoms with Crippen LogP contribution in [0.1, 0.15) is 10.4 Å². The predicted octanol–water partition coefficient (Wildman–Crippen LogP) is 1.08. The molecule has 2 nitrogen and oxygen atoms in total. The van der Waals surface area contributed by atoms with Gasteiger partial charge < -0.3 is 5.73 Å². The Balaban J connectivity index is 2.90. The number of hydrogen-bond acceptors (Lipinski definition) is 3. The zero-order valence-corrected chi connectivity index (χ0v) is 5.61. The van der Waals surface area contributed by atoms with Crippen LogP contribution >= 0.6 is 11.3 Å². The highest BCUT2D eigenvalue weighted by Crippen LogP contribution is 2.11. The quantitative estimate of drug-likeness (QED) is 0.631. The largest absolute Gasteiger partial charge is 0.326 e. The Kier molecular flexibility index (Phi) is 1.83. The second-order valence-electron chi connectivity index (χ2n) is 1.64. The molecule has 2 N–H and O–H groups in total. The molecule has 1 rings (SSSR count). The zero-order valence-electron chi connectivity index (χ0n) is 4.79. The number of thiophene rings is 1. The molecule has 9 heavy (non-hydrogen) atoms. The Morgan fingerprint density at radius 2 is 2.56 bits per heavy atom. The van der Waals surface area contributed by atoms with Gasteiger partial charge in [0.2, 0.25) is 0 Å². The standard InChI is InChI=1S/C6H6N2S/c7-2-5-1-6(3-8)9-4-5/h1,4H,2,7H2. The summed E-state index contributed by atoms with van der Waals surface area (Å²) in [5, 5.41) is 10.3. The molecule has 0 amide bonds. The average molecular weight is 138 g/mol. The van der Waals surface area contributed by atoms with Gasteiger partial charge in [0, 0.05) is 6.54 Å². The van der Waals surface area contributed by atoms with E-state index in [0.29, 0.717) is 6.54 Å². The Morgan fingerprint density at radius 3 is 2.89 bits per heavy atom. The van der Waals surface area contributed by atoms with Gasteiger partial charge in [-0.2, -0.15) is 5.26 Å². The highest BCUT2D eigenvalue weighted by atomic mass is 32.1. The number of hydrogen-bond donors (Lipinski definition) is 1. The summed E-state index contributed by atoms with van der Waals surface area (Å²) in [6.07, 6.45) is 0. The average Bonchev–Trinajstić information content (AvgIpc) is 2.34. The highest BCUT2D eigenvalue weighted by Gasteiger charge is 1.93. The van der Waals surface area contributed by atoms with E-state index in [-0.39, 0.29) is 0 Å². The fourth-order valence-corrected chi connectivity index (χ4v) is 1.26. The van der Waals surface area contributed by atoms with Gasteiger partial charge in [-0.05, 0) is 17.0 Å². The van der Waals surface area contributed by atoms with E-state index in [1.807, 2.05) is 17.5 Å². The van der Waals surface area contributed by atoms with Crippen LogP contribution in [-0.2, 0) is 6.54 Å².